The highest BCUT2D eigenvalue weighted by Gasteiger charge is 2.31. The van der Waals surface area contributed by atoms with E-state index in [0.29, 0.717) is 5.56 Å². The van der Waals surface area contributed by atoms with Gasteiger partial charge < -0.3 is 4.74 Å². The van der Waals surface area contributed by atoms with Gasteiger partial charge in [-0.05, 0) is 43.3 Å². The van der Waals surface area contributed by atoms with Crippen LogP contribution in [-0.4, -0.2) is 17.9 Å². The Kier molecular flexibility index (Phi) is 5.55. The van der Waals surface area contributed by atoms with Crippen molar-refractivity contribution in [3.63, 3.8) is 0 Å². The summed E-state index contributed by atoms with van der Waals surface area (Å²) in [4.78, 5) is 11.1. The molecule has 1 atom stereocenters. The Morgan fingerprint density at radius 2 is 2.11 bits per heavy atom. The molecule has 0 heterocycles. The lowest BCUT2D eigenvalue weighted by atomic mass is 10.1. The van der Waals surface area contributed by atoms with Gasteiger partial charge in [0.15, 0.2) is 5.78 Å². The minimum absolute atomic E-state index is 0.0504. The second-order valence-corrected chi connectivity index (χ2v) is 5.20. The van der Waals surface area contributed by atoms with Gasteiger partial charge in [-0.1, -0.05) is 6.07 Å². The molecule has 0 fully saturated rings. The predicted octanol–water partition coefficient (Wildman–Crippen LogP) is 4.57. The summed E-state index contributed by atoms with van der Waals surface area (Å²) in [5, 5.41) is -0.885. The number of halogens is 4. The first-order chi connectivity index (χ1) is 8.74. The number of carbonyl (C=O) groups excluding carboxylic acids is 1. The number of rotatable bonds is 5. The Morgan fingerprint density at radius 3 is 2.58 bits per heavy atom. The lowest BCUT2D eigenvalue weighted by Gasteiger charge is -2.14. The van der Waals surface area contributed by atoms with Crippen molar-refractivity contribution in [2.75, 3.05) is 6.61 Å². The van der Waals surface area contributed by atoms with Crippen LogP contribution in [0.4, 0.5) is 13.2 Å². The molecule has 2 nitrogen and oxygen atoms in total. The average Bonchev–Trinajstić information content (AvgIpc) is 2.29. The molecule has 0 aliphatic carbocycles. The third-order valence-electron chi connectivity index (χ3n) is 2.14. The molecule has 1 rings (SSSR count). The highest BCUT2D eigenvalue weighted by molar-refractivity contribution is 8.00. The van der Waals surface area contributed by atoms with E-state index < -0.39 is 10.9 Å². The fourth-order valence-electron chi connectivity index (χ4n) is 1.39. The van der Waals surface area contributed by atoms with Crippen LogP contribution in [0.25, 0.3) is 0 Å². The van der Waals surface area contributed by atoms with Gasteiger partial charge in [0.25, 0.3) is 0 Å². The average molecular weight is 313 g/mol. The zero-order valence-electron chi connectivity index (χ0n) is 10.3. The zero-order chi connectivity index (χ0) is 14.6. The largest absolute Gasteiger partial charge is 0.493 e. The minimum Gasteiger partial charge on any atom is -0.493 e. The third-order valence-corrected chi connectivity index (χ3v) is 3.49. The van der Waals surface area contributed by atoms with Crippen LogP contribution in [0.1, 0.15) is 24.8 Å². The summed E-state index contributed by atoms with van der Waals surface area (Å²) in [6.45, 7) is 3.20. The molecule has 0 saturated carbocycles. The van der Waals surface area contributed by atoms with Crippen LogP contribution in [0.2, 0.25) is 0 Å². The molecule has 0 radical (unpaired) electrons. The van der Waals surface area contributed by atoms with Crippen molar-refractivity contribution < 1.29 is 22.7 Å². The summed E-state index contributed by atoms with van der Waals surface area (Å²) in [6.07, 6.45) is 0. The number of benzene rings is 1. The molecule has 1 aromatic carbocycles. The number of hydrogen-bond acceptors (Lipinski definition) is 3. The Labute approximate surface area is 118 Å². The van der Waals surface area contributed by atoms with E-state index in [1.807, 2.05) is 0 Å². The van der Waals surface area contributed by atoms with Crippen LogP contribution in [0.15, 0.2) is 23.1 Å². The van der Waals surface area contributed by atoms with Gasteiger partial charge >= 0.3 is 5.51 Å². The zero-order valence-corrected chi connectivity index (χ0v) is 11.8. The van der Waals surface area contributed by atoms with E-state index in [1.165, 1.54) is 25.1 Å². The fourth-order valence-corrected chi connectivity index (χ4v) is 2.13. The summed E-state index contributed by atoms with van der Waals surface area (Å²) < 4.78 is 42.3. The lowest BCUT2D eigenvalue weighted by molar-refractivity contribution is -0.116. The van der Waals surface area contributed by atoms with Gasteiger partial charge in [0.2, 0.25) is 0 Å². The quantitative estimate of drug-likeness (QED) is 0.588. The van der Waals surface area contributed by atoms with Gasteiger partial charge in [-0.3, -0.25) is 4.79 Å². The smallest absolute Gasteiger partial charge is 0.446 e. The summed E-state index contributed by atoms with van der Waals surface area (Å²) in [7, 11) is 0. The first kappa shape index (κ1) is 16.2. The monoisotopic (exact) mass is 312 g/mol. The van der Waals surface area contributed by atoms with Gasteiger partial charge in [0.05, 0.1) is 11.5 Å². The van der Waals surface area contributed by atoms with Gasteiger partial charge in [0, 0.05) is 0 Å². The minimum atomic E-state index is -4.39. The van der Waals surface area contributed by atoms with Gasteiger partial charge in [0.1, 0.15) is 11.1 Å². The molecule has 7 heteroatoms. The molecule has 0 aromatic heterocycles. The summed E-state index contributed by atoms with van der Waals surface area (Å²) in [6, 6.07) is 4.03. The van der Waals surface area contributed by atoms with Gasteiger partial charge in [-0.25, -0.2) is 0 Å². The van der Waals surface area contributed by atoms with Crippen LogP contribution >= 0.6 is 23.4 Å². The number of thioether (sulfide) groups is 1. The fraction of sp³-hybridized carbons (Fsp3) is 0.417. The maximum atomic E-state index is 12.4. The second kappa shape index (κ2) is 6.52. The second-order valence-electron chi connectivity index (χ2n) is 3.66. The molecular weight excluding hydrogens is 301 g/mol. The Hall–Kier alpha value is -0.880. The van der Waals surface area contributed by atoms with E-state index in [2.05, 4.69) is 0 Å². The maximum absolute atomic E-state index is 12.4. The van der Waals surface area contributed by atoms with Crippen molar-refractivity contribution in [3.8, 4) is 5.75 Å². The highest BCUT2D eigenvalue weighted by Crippen LogP contribution is 2.42. The SMILES string of the molecule is CCOc1cc(C(Cl)C(C)=O)ccc1SC(F)(F)F. The third kappa shape index (κ3) is 4.95. The molecule has 19 heavy (non-hydrogen) atoms. The molecule has 1 aromatic rings. The number of ketones is 1. The van der Waals surface area contributed by atoms with Crippen LogP contribution < -0.4 is 4.74 Å². The molecule has 1 unspecified atom stereocenters. The first-order valence-corrected chi connectivity index (χ1v) is 6.67. The summed E-state index contributed by atoms with van der Waals surface area (Å²) in [5.74, 6) is -0.199. The van der Waals surface area contributed by atoms with Gasteiger partial charge in [-0.15, -0.1) is 11.6 Å². The van der Waals surface area contributed by atoms with E-state index in [4.69, 9.17) is 16.3 Å². The topological polar surface area (TPSA) is 26.3 Å². The molecule has 0 bridgehead atoms. The predicted molar refractivity (Wildman–Crippen MR) is 68.8 cm³/mol. The van der Waals surface area contributed by atoms with Crippen molar-refractivity contribution in [2.24, 2.45) is 0 Å². The Morgan fingerprint density at radius 1 is 1.47 bits per heavy atom. The molecule has 0 aliphatic heterocycles. The normalized spacial score (nSPS) is 13.2. The first-order valence-electron chi connectivity index (χ1n) is 5.41. The highest BCUT2D eigenvalue weighted by atomic mass is 35.5. The molecular formula is C12H12ClF3O2S. The van der Waals surface area contributed by atoms with E-state index in [9.17, 15) is 18.0 Å². The van der Waals surface area contributed by atoms with Gasteiger partial charge in [-0.2, -0.15) is 13.2 Å². The Balaban J connectivity index is 3.10. The molecule has 0 amide bonds. The number of alkyl halides is 4. The van der Waals surface area contributed by atoms with Crippen LogP contribution in [0.5, 0.6) is 5.75 Å². The molecule has 106 valence electrons. The Bertz CT molecular complexity index is 463. The lowest BCUT2D eigenvalue weighted by Crippen LogP contribution is -2.05. The van der Waals surface area contributed by atoms with Crippen molar-refractivity contribution in [3.05, 3.63) is 23.8 Å². The molecule has 0 saturated heterocycles. The molecule has 0 aliphatic rings. The van der Waals surface area contributed by atoms with Crippen LogP contribution in [-0.2, 0) is 4.79 Å². The summed E-state index contributed by atoms with van der Waals surface area (Å²) >= 11 is 5.61. The van der Waals surface area contributed by atoms with E-state index in [-0.39, 0.29) is 34.8 Å². The number of Topliss-reactive ketones (excluding diaryl/α,β-unsaturated/α-hetero) is 1. The maximum Gasteiger partial charge on any atom is 0.446 e. The molecule has 0 spiro atoms. The van der Waals surface area contributed by atoms with Crippen molar-refractivity contribution in [1.29, 1.82) is 0 Å². The van der Waals surface area contributed by atoms with Crippen LogP contribution in [0, 0.1) is 0 Å². The molecule has 0 N–H and O–H groups in total. The van der Waals surface area contributed by atoms with Crippen molar-refractivity contribution >= 4 is 29.1 Å². The van der Waals surface area contributed by atoms with E-state index in [0.717, 1.165) is 0 Å². The summed E-state index contributed by atoms with van der Waals surface area (Å²) in [5.41, 5.74) is -3.97. The number of carbonyl (C=O) groups is 1. The van der Waals surface area contributed by atoms with E-state index in [1.54, 1.807) is 6.92 Å². The number of ether oxygens (including phenoxy) is 1. The van der Waals surface area contributed by atoms with Crippen LogP contribution in [0.3, 0.4) is 0 Å². The van der Waals surface area contributed by atoms with Crippen molar-refractivity contribution in [1.82, 2.24) is 0 Å². The standard InChI is InChI=1S/C12H12ClF3O2S/c1-3-18-9-6-8(11(13)7(2)17)4-5-10(9)19-12(14,15)16/h4-6,11H,3H2,1-2H3. The van der Waals surface area contributed by atoms with Crippen molar-refractivity contribution in [2.45, 2.75) is 29.6 Å². The van der Waals surface area contributed by atoms with E-state index >= 15 is 0 Å². The number of hydrogen-bond donors (Lipinski definition) is 0.